The van der Waals surface area contributed by atoms with Gasteiger partial charge in [0, 0.05) is 22.4 Å². The number of ketones is 1. The van der Waals surface area contributed by atoms with Crippen LogP contribution in [0.2, 0.25) is 0 Å². The number of aromatic nitrogens is 1. The van der Waals surface area contributed by atoms with Crippen molar-refractivity contribution in [2.24, 2.45) is 0 Å². The van der Waals surface area contributed by atoms with Crippen LogP contribution in [0.4, 0.5) is 0 Å². The summed E-state index contributed by atoms with van der Waals surface area (Å²) in [6.45, 7) is 1.84. The molecule has 4 heteroatoms. The zero-order valence-electron chi connectivity index (χ0n) is 10.9. The summed E-state index contributed by atoms with van der Waals surface area (Å²) in [6.07, 6.45) is 2.21. The Morgan fingerprint density at radius 1 is 1.26 bits per heavy atom. The number of nitrogens with zero attached hydrogens (tertiary/aromatic N) is 1. The molecule has 1 aromatic carbocycles. The molecule has 2 aromatic rings. The molecule has 1 aromatic heterocycles. The van der Waals surface area contributed by atoms with Gasteiger partial charge in [-0.1, -0.05) is 24.8 Å². The zero-order valence-corrected chi connectivity index (χ0v) is 11.7. The van der Waals surface area contributed by atoms with Gasteiger partial charge in [-0.2, -0.15) is 0 Å². The van der Waals surface area contributed by atoms with Crippen LogP contribution in [0.15, 0.2) is 52.4 Å². The van der Waals surface area contributed by atoms with Gasteiger partial charge < -0.3 is 4.74 Å². The number of ether oxygens (including phenoxy) is 1. The number of hydrogen-bond acceptors (Lipinski definition) is 4. The van der Waals surface area contributed by atoms with E-state index in [0.29, 0.717) is 12.1 Å². The lowest BCUT2D eigenvalue weighted by molar-refractivity contribution is 0.0983. The highest BCUT2D eigenvalue weighted by atomic mass is 32.2. The minimum Gasteiger partial charge on any atom is -0.497 e. The molecule has 0 spiro atoms. The van der Waals surface area contributed by atoms with Gasteiger partial charge in [0.1, 0.15) is 11.4 Å². The minimum absolute atomic E-state index is 0.0675. The van der Waals surface area contributed by atoms with E-state index in [9.17, 15) is 4.79 Å². The molecular formula is C15H15NO2S. The lowest BCUT2D eigenvalue weighted by Crippen LogP contribution is -1.99. The monoisotopic (exact) mass is 273 g/mol. The fraction of sp³-hybridized carbons (Fsp3) is 0.200. The van der Waals surface area contributed by atoms with Crippen molar-refractivity contribution in [2.45, 2.75) is 23.1 Å². The Labute approximate surface area is 117 Å². The van der Waals surface area contributed by atoms with Crippen LogP contribution in [-0.4, -0.2) is 17.9 Å². The van der Waals surface area contributed by atoms with Crippen molar-refractivity contribution in [2.75, 3.05) is 7.11 Å². The summed E-state index contributed by atoms with van der Waals surface area (Å²) >= 11 is 1.59. The normalized spacial score (nSPS) is 10.2. The molecule has 1 heterocycles. The van der Waals surface area contributed by atoms with Crippen LogP contribution in [0.25, 0.3) is 0 Å². The zero-order chi connectivity index (χ0) is 13.7. The van der Waals surface area contributed by atoms with Gasteiger partial charge in [0.15, 0.2) is 5.78 Å². The molecule has 0 radical (unpaired) electrons. The van der Waals surface area contributed by atoms with E-state index in [4.69, 9.17) is 4.74 Å². The van der Waals surface area contributed by atoms with Crippen molar-refractivity contribution in [3.05, 3.63) is 48.3 Å². The molecule has 0 fully saturated rings. The number of pyridine rings is 1. The van der Waals surface area contributed by atoms with Gasteiger partial charge in [0.2, 0.25) is 0 Å². The van der Waals surface area contributed by atoms with Crippen molar-refractivity contribution in [3.8, 4) is 5.75 Å². The van der Waals surface area contributed by atoms with Crippen LogP contribution in [-0.2, 0) is 0 Å². The smallest absolute Gasteiger partial charge is 0.180 e. The summed E-state index contributed by atoms with van der Waals surface area (Å²) in [4.78, 5) is 17.7. The Bertz CT molecular complexity index is 567. The fourth-order valence-corrected chi connectivity index (χ4v) is 2.42. The molecule has 0 atom stereocenters. The Balaban J connectivity index is 2.12. The number of hydrogen-bond donors (Lipinski definition) is 0. The highest BCUT2D eigenvalue weighted by Crippen LogP contribution is 2.29. The number of carbonyl (C=O) groups is 1. The lowest BCUT2D eigenvalue weighted by atomic mass is 10.2. The summed E-state index contributed by atoms with van der Waals surface area (Å²) in [5.74, 6) is 0.897. The maximum Gasteiger partial charge on any atom is 0.180 e. The van der Waals surface area contributed by atoms with E-state index in [1.54, 1.807) is 31.1 Å². The van der Waals surface area contributed by atoms with Crippen LogP contribution in [0.3, 0.4) is 0 Å². The van der Waals surface area contributed by atoms with Crippen molar-refractivity contribution in [3.63, 3.8) is 0 Å². The molecule has 0 aliphatic carbocycles. The largest absolute Gasteiger partial charge is 0.497 e. The summed E-state index contributed by atoms with van der Waals surface area (Å²) in [5.41, 5.74) is 0.525. The third-order valence-electron chi connectivity index (χ3n) is 2.62. The van der Waals surface area contributed by atoms with Crippen LogP contribution >= 0.6 is 11.8 Å². The number of methoxy groups -OCH3 is 1. The summed E-state index contributed by atoms with van der Waals surface area (Å²) in [6, 6.07) is 11.5. The summed E-state index contributed by atoms with van der Waals surface area (Å²) < 4.78 is 5.18. The number of Topliss-reactive ketones (excluding diaryl/α,β-unsaturated/α-hetero) is 1. The second-order valence-electron chi connectivity index (χ2n) is 3.94. The van der Waals surface area contributed by atoms with Crippen molar-refractivity contribution < 1.29 is 9.53 Å². The third kappa shape index (κ3) is 3.58. The van der Waals surface area contributed by atoms with Gasteiger partial charge in [-0.3, -0.25) is 9.78 Å². The Hall–Kier alpha value is -1.81. The van der Waals surface area contributed by atoms with Crippen LogP contribution in [0.5, 0.6) is 5.75 Å². The molecule has 3 nitrogen and oxygen atoms in total. The lowest BCUT2D eigenvalue weighted by Gasteiger charge is -2.04. The average Bonchev–Trinajstić information content (AvgIpc) is 2.47. The molecule has 0 aliphatic rings. The molecule has 19 heavy (non-hydrogen) atoms. The van der Waals surface area contributed by atoms with Crippen LogP contribution in [0.1, 0.15) is 23.8 Å². The third-order valence-corrected chi connectivity index (χ3v) is 3.59. The molecule has 0 saturated carbocycles. The summed E-state index contributed by atoms with van der Waals surface area (Å²) in [7, 11) is 1.65. The topological polar surface area (TPSA) is 39.2 Å². The number of carbonyl (C=O) groups excluding carboxylic acids is 1. The second kappa shape index (κ2) is 6.38. The molecule has 0 bridgehead atoms. The predicted octanol–water partition coefficient (Wildman–Crippen LogP) is 3.83. The van der Waals surface area contributed by atoms with E-state index >= 15 is 0 Å². The molecular weight excluding hydrogens is 258 g/mol. The Morgan fingerprint density at radius 3 is 2.74 bits per heavy atom. The molecule has 2 rings (SSSR count). The molecule has 0 unspecified atom stereocenters. The Kier molecular flexibility index (Phi) is 4.58. The van der Waals surface area contributed by atoms with E-state index in [2.05, 4.69) is 4.98 Å². The highest BCUT2D eigenvalue weighted by Gasteiger charge is 2.05. The van der Waals surface area contributed by atoms with Crippen molar-refractivity contribution in [1.82, 2.24) is 4.98 Å². The van der Waals surface area contributed by atoms with Crippen molar-refractivity contribution >= 4 is 17.5 Å². The summed E-state index contributed by atoms with van der Waals surface area (Å²) in [5, 5.41) is 0. The second-order valence-corrected chi connectivity index (χ2v) is 5.08. The Morgan fingerprint density at radius 2 is 2.11 bits per heavy atom. The number of benzene rings is 1. The SMILES string of the molecule is CCC(=O)c1ccc(Sc2cccc(OC)c2)cn1. The average molecular weight is 273 g/mol. The standard InChI is InChI=1S/C15H15NO2S/c1-3-15(17)14-8-7-13(10-16-14)19-12-6-4-5-11(9-12)18-2/h4-10H,3H2,1-2H3. The maximum atomic E-state index is 11.5. The first-order chi connectivity index (χ1) is 9.22. The van der Waals surface area contributed by atoms with E-state index in [-0.39, 0.29) is 5.78 Å². The van der Waals surface area contributed by atoms with E-state index < -0.39 is 0 Å². The first-order valence-corrected chi connectivity index (χ1v) is 6.85. The van der Waals surface area contributed by atoms with Gasteiger partial charge in [0.05, 0.1) is 7.11 Å². The van der Waals surface area contributed by atoms with E-state index in [0.717, 1.165) is 15.5 Å². The van der Waals surface area contributed by atoms with E-state index in [1.807, 2.05) is 37.3 Å². The molecule has 0 saturated heterocycles. The number of rotatable bonds is 5. The highest BCUT2D eigenvalue weighted by molar-refractivity contribution is 7.99. The maximum absolute atomic E-state index is 11.5. The van der Waals surface area contributed by atoms with Gasteiger partial charge in [-0.15, -0.1) is 0 Å². The first kappa shape index (κ1) is 13.6. The van der Waals surface area contributed by atoms with E-state index in [1.165, 1.54) is 0 Å². The van der Waals surface area contributed by atoms with Crippen molar-refractivity contribution in [1.29, 1.82) is 0 Å². The van der Waals surface area contributed by atoms with Crippen LogP contribution < -0.4 is 4.74 Å². The molecule has 0 N–H and O–H groups in total. The van der Waals surface area contributed by atoms with Gasteiger partial charge >= 0.3 is 0 Å². The first-order valence-electron chi connectivity index (χ1n) is 6.04. The predicted molar refractivity (Wildman–Crippen MR) is 76.0 cm³/mol. The van der Waals surface area contributed by atoms with Crippen LogP contribution in [0, 0.1) is 0 Å². The molecule has 0 aliphatic heterocycles. The minimum atomic E-state index is 0.0675. The van der Waals surface area contributed by atoms with Gasteiger partial charge in [0.25, 0.3) is 0 Å². The van der Waals surface area contributed by atoms with Gasteiger partial charge in [-0.25, -0.2) is 0 Å². The van der Waals surface area contributed by atoms with Gasteiger partial charge in [-0.05, 0) is 30.3 Å². The quantitative estimate of drug-likeness (QED) is 0.776. The molecule has 98 valence electrons. The fourth-order valence-electron chi connectivity index (χ4n) is 1.59. The molecule has 0 amide bonds.